The lowest BCUT2D eigenvalue weighted by atomic mass is 10.1. The van der Waals surface area contributed by atoms with Gasteiger partial charge in [0.05, 0.1) is 16.8 Å². The van der Waals surface area contributed by atoms with E-state index in [1.54, 1.807) is 5.38 Å². The second-order valence-corrected chi connectivity index (χ2v) is 6.62. The lowest BCUT2D eigenvalue weighted by Crippen LogP contribution is -2.03. The average molecular weight is 426 g/mol. The number of halogens is 4. The number of alkyl halides is 3. The minimum absolute atomic E-state index is 0.129. The fourth-order valence-electron chi connectivity index (χ4n) is 2.11. The summed E-state index contributed by atoms with van der Waals surface area (Å²) < 4.78 is 37.8. The van der Waals surface area contributed by atoms with Crippen LogP contribution in [0.5, 0.6) is 5.75 Å². The number of aromatic hydroxyl groups is 1. The van der Waals surface area contributed by atoms with Crippen LogP contribution in [0.2, 0.25) is 5.02 Å². The Balaban J connectivity index is 1.76. The fraction of sp³-hybridized carbons (Fsp3) is 0.0588. The first-order valence-corrected chi connectivity index (χ1v) is 8.77. The molecule has 0 saturated carbocycles. The molecule has 142 valence electrons. The van der Waals surface area contributed by atoms with E-state index < -0.39 is 17.6 Å². The predicted molar refractivity (Wildman–Crippen MR) is 96.6 cm³/mol. The van der Waals surface area contributed by atoms with Gasteiger partial charge in [0.15, 0.2) is 5.11 Å². The SMILES string of the molecule is O=C(N=[N+]=Nc1nc(-c2ccc(C(F)(F)F)cc2)cs1)c1cc(Cl)ccc1O. The number of amides is 1. The van der Waals surface area contributed by atoms with Crippen LogP contribution in [0.1, 0.15) is 15.9 Å². The van der Waals surface area contributed by atoms with Crippen molar-refractivity contribution >= 4 is 34.0 Å². The first-order chi connectivity index (χ1) is 13.2. The van der Waals surface area contributed by atoms with E-state index in [9.17, 15) is 23.1 Å². The zero-order chi connectivity index (χ0) is 20.3. The molecular weight excluding hydrogens is 417 g/mol. The Morgan fingerprint density at radius 1 is 1.18 bits per heavy atom. The lowest BCUT2D eigenvalue weighted by molar-refractivity contribution is -0.137. The summed E-state index contributed by atoms with van der Waals surface area (Å²) in [7, 11) is 0. The number of rotatable bonds is 3. The maximum Gasteiger partial charge on any atom is 0.416 e. The van der Waals surface area contributed by atoms with Crippen molar-refractivity contribution < 1.29 is 23.1 Å². The van der Waals surface area contributed by atoms with Gasteiger partial charge in [-0.25, -0.2) is 4.98 Å². The topological polar surface area (TPSA) is 89.0 Å². The van der Waals surface area contributed by atoms with Crippen LogP contribution < -0.4 is 4.91 Å². The molecule has 0 atom stereocenters. The van der Waals surface area contributed by atoms with E-state index in [0.29, 0.717) is 11.3 Å². The van der Waals surface area contributed by atoms with E-state index in [2.05, 4.69) is 20.1 Å². The molecule has 3 rings (SSSR count). The Kier molecular flexibility index (Phi) is 5.55. The van der Waals surface area contributed by atoms with Crippen molar-refractivity contribution in [1.29, 1.82) is 0 Å². The molecular formula is C17H9ClF3N4O2S+. The molecule has 0 saturated heterocycles. The Morgan fingerprint density at radius 3 is 2.57 bits per heavy atom. The highest BCUT2D eigenvalue weighted by Crippen LogP contribution is 2.32. The number of carbonyl (C=O) groups is 1. The number of carbonyl (C=O) groups excluding carboxylic acids is 1. The number of phenolic OH excluding ortho intramolecular Hbond substituents is 1. The maximum atomic E-state index is 12.6. The molecule has 3 aromatic rings. The number of nitrogens with zero attached hydrogens (tertiary/aromatic N) is 4. The van der Waals surface area contributed by atoms with E-state index in [4.69, 9.17) is 11.6 Å². The second kappa shape index (κ2) is 7.89. The maximum absolute atomic E-state index is 12.6. The zero-order valence-electron chi connectivity index (χ0n) is 13.7. The number of hydrogen-bond acceptors (Lipinski definition) is 5. The van der Waals surface area contributed by atoms with Crippen LogP contribution in [0.4, 0.5) is 18.3 Å². The lowest BCUT2D eigenvalue weighted by Gasteiger charge is -2.06. The molecule has 2 aromatic carbocycles. The summed E-state index contributed by atoms with van der Waals surface area (Å²) in [5.74, 6) is -1.14. The van der Waals surface area contributed by atoms with Gasteiger partial charge in [-0.15, -0.1) is 0 Å². The summed E-state index contributed by atoms with van der Waals surface area (Å²) in [4.78, 5) is 19.4. The third kappa shape index (κ3) is 4.61. The number of hydrogen-bond donors (Lipinski definition) is 1. The Hall–Kier alpha value is -3.07. The monoisotopic (exact) mass is 425 g/mol. The minimum atomic E-state index is -4.41. The van der Waals surface area contributed by atoms with Gasteiger partial charge in [0.2, 0.25) is 10.0 Å². The van der Waals surface area contributed by atoms with Crippen molar-refractivity contribution in [1.82, 2.24) is 9.90 Å². The summed E-state index contributed by atoms with van der Waals surface area (Å²) in [5.41, 5.74) is -0.00180. The molecule has 0 bridgehead atoms. The zero-order valence-corrected chi connectivity index (χ0v) is 15.3. The molecule has 11 heteroatoms. The Morgan fingerprint density at radius 2 is 1.89 bits per heavy atom. The van der Waals surface area contributed by atoms with Gasteiger partial charge in [-0.05, 0) is 30.3 Å². The van der Waals surface area contributed by atoms with Crippen LogP contribution in [-0.2, 0) is 6.18 Å². The molecule has 6 nitrogen and oxygen atoms in total. The molecule has 0 aliphatic heterocycles. The van der Waals surface area contributed by atoms with Crippen LogP contribution in [-0.4, -0.2) is 16.0 Å². The molecule has 0 aliphatic carbocycles. The highest BCUT2D eigenvalue weighted by Gasteiger charge is 2.30. The Labute approximate surface area is 164 Å². The first kappa shape index (κ1) is 19.7. The summed E-state index contributed by atoms with van der Waals surface area (Å²) in [5, 5.41) is 18.6. The van der Waals surface area contributed by atoms with Gasteiger partial charge in [-0.1, -0.05) is 35.1 Å². The molecule has 1 heterocycles. The largest absolute Gasteiger partial charge is 0.507 e. The van der Waals surface area contributed by atoms with E-state index in [1.807, 2.05) is 0 Å². The fourth-order valence-corrected chi connectivity index (χ4v) is 2.92. The second-order valence-electron chi connectivity index (χ2n) is 5.35. The van der Waals surface area contributed by atoms with Crippen molar-refractivity contribution in [3.63, 3.8) is 0 Å². The van der Waals surface area contributed by atoms with Crippen LogP contribution >= 0.6 is 22.9 Å². The van der Waals surface area contributed by atoms with E-state index in [-0.39, 0.29) is 21.5 Å². The van der Waals surface area contributed by atoms with Crippen LogP contribution in [0.15, 0.2) is 58.1 Å². The number of phenols is 1. The van der Waals surface area contributed by atoms with Crippen molar-refractivity contribution in [2.45, 2.75) is 6.18 Å². The van der Waals surface area contributed by atoms with Crippen molar-refractivity contribution in [3.05, 3.63) is 64.0 Å². The van der Waals surface area contributed by atoms with Crippen molar-refractivity contribution in [2.75, 3.05) is 0 Å². The van der Waals surface area contributed by atoms with Gasteiger partial charge in [0, 0.05) is 16.0 Å². The van der Waals surface area contributed by atoms with Gasteiger partial charge in [-0.2, -0.15) is 13.2 Å². The third-order valence-electron chi connectivity index (χ3n) is 3.45. The van der Waals surface area contributed by atoms with Gasteiger partial charge in [0.1, 0.15) is 5.75 Å². The highest BCUT2D eigenvalue weighted by molar-refractivity contribution is 7.13. The number of benzene rings is 2. The minimum Gasteiger partial charge on any atom is -0.507 e. The molecule has 0 radical (unpaired) electrons. The van der Waals surface area contributed by atoms with Gasteiger partial charge < -0.3 is 5.11 Å². The van der Waals surface area contributed by atoms with Crippen LogP contribution in [0.3, 0.4) is 0 Å². The predicted octanol–water partition coefficient (Wildman–Crippen LogP) is 5.63. The average Bonchev–Trinajstić information content (AvgIpc) is 3.12. The van der Waals surface area contributed by atoms with Gasteiger partial charge in [0.25, 0.3) is 5.13 Å². The van der Waals surface area contributed by atoms with E-state index in [1.165, 1.54) is 30.3 Å². The van der Waals surface area contributed by atoms with E-state index >= 15 is 0 Å². The summed E-state index contributed by atoms with van der Waals surface area (Å²) >= 11 is 6.83. The molecule has 0 spiro atoms. The molecule has 1 amide bonds. The smallest absolute Gasteiger partial charge is 0.416 e. The molecule has 0 unspecified atom stereocenters. The first-order valence-electron chi connectivity index (χ1n) is 7.52. The molecule has 0 fully saturated rings. The quantitative estimate of drug-likeness (QED) is 0.435. The summed E-state index contributed by atoms with van der Waals surface area (Å²) in [6.45, 7) is 0. The molecule has 0 aliphatic rings. The molecule has 1 N–H and O–H groups in total. The van der Waals surface area contributed by atoms with Gasteiger partial charge >= 0.3 is 12.1 Å². The Bertz CT molecular complexity index is 1090. The van der Waals surface area contributed by atoms with Crippen molar-refractivity contribution in [2.24, 2.45) is 10.2 Å². The standard InChI is InChI=1S/C17H8ClF3N4O2S/c18-11-5-6-14(26)12(7-11)15(27)23-25-24-16-22-13(8-28-16)9-1-3-10(4-2-9)17(19,20)21/h1-8H/p+1. The van der Waals surface area contributed by atoms with Crippen molar-refractivity contribution in [3.8, 4) is 17.0 Å². The summed E-state index contributed by atoms with van der Waals surface area (Å²) in [6.07, 6.45) is -4.41. The normalized spacial score (nSPS) is 11.0. The molecule has 28 heavy (non-hydrogen) atoms. The van der Waals surface area contributed by atoms with E-state index in [0.717, 1.165) is 23.5 Å². The number of aromatic nitrogens is 1. The van der Waals surface area contributed by atoms with Gasteiger partial charge in [-0.3, -0.25) is 4.79 Å². The van der Waals surface area contributed by atoms with Crippen LogP contribution in [0.25, 0.3) is 11.3 Å². The third-order valence-corrected chi connectivity index (χ3v) is 4.41. The van der Waals surface area contributed by atoms with Crippen LogP contribution in [0, 0.1) is 0 Å². The number of thiazole rings is 1. The molecule has 1 aromatic heterocycles. The highest BCUT2D eigenvalue weighted by atomic mass is 35.5. The summed E-state index contributed by atoms with van der Waals surface area (Å²) in [6, 6.07) is 8.42.